The molecule has 1 aromatic carbocycles. The van der Waals surface area contributed by atoms with Crippen molar-refractivity contribution in [3.8, 4) is 11.1 Å². The number of thiophene rings is 1. The van der Waals surface area contributed by atoms with Crippen molar-refractivity contribution in [3.05, 3.63) is 35.2 Å². The minimum atomic E-state index is -0.682. The molecule has 0 saturated heterocycles. The van der Waals surface area contributed by atoms with Crippen LogP contribution in [0.15, 0.2) is 35.2 Å². The number of hydrogen-bond donors (Lipinski definition) is 2. The fourth-order valence-electron chi connectivity index (χ4n) is 2.31. The number of hydrogen-bond acceptors (Lipinski definition) is 4. The average molecular weight is 301 g/mol. The maximum absolute atomic E-state index is 9.81. The Morgan fingerprint density at radius 1 is 1.38 bits per heavy atom. The highest BCUT2D eigenvalue weighted by Gasteiger charge is 2.13. The van der Waals surface area contributed by atoms with Crippen LogP contribution in [0.1, 0.15) is 20.3 Å². The highest BCUT2D eigenvalue weighted by atomic mass is 32.1. The van der Waals surface area contributed by atoms with Crippen molar-refractivity contribution in [1.82, 2.24) is 9.78 Å². The molecule has 0 aliphatic rings. The SMILES string of the molecule is CC(C)(O)CCn1cc2cc(N)c(-c3ccsc3)cc2n1. The maximum Gasteiger partial charge on any atom is 0.0931 e. The minimum Gasteiger partial charge on any atom is -0.398 e. The molecule has 0 fully saturated rings. The third-order valence-corrected chi connectivity index (χ3v) is 4.19. The van der Waals surface area contributed by atoms with Gasteiger partial charge in [0.05, 0.1) is 11.1 Å². The van der Waals surface area contributed by atoms with Crippen LogP contribution in [-0.2, 0) is 6.54 Å². The van der Waals surface area contributed by atoms with E-state index in [-0.39, 0.29) is 0 Å². The molecule has 3 N–H and O–H groups in total. The van der Waals surface area contributed by atoms with Crippen molar-refractivity contribution in [2.45, 2.75) is 32.4 Å². The standard InChI is InChI=1S/C16H19N3OS/c1-16(2,20)4-5-19-9-12-7-14(17)13(8-15(12)18-19)11-3-6-21-10-11/h3,6-10,20H,4-5,17H2,1-2H3. The Morgan fingerprint density at radius 2 is 2.19 bits per heavy atom. The summed E-state index contributed by atoms with van der Waals surface area (Å²) in [6, 6.07) is 6.07. The summed E-state index contributed by atoms with van der Waals surface area (Å²) in [5.74, 6) is 0. The number of nitrogens with two attached hydrogens (primary N) is 1. The van der Waals surface area contributed by atoms with Crippen molar-refractivity contribution in [2.75, 3.05) is 5.73 Å². The van der Waals surface area contributed by atoms with Gasteiger partial charge in [-0.15, -0.1) is 0 Å². The van der Waals surface area contributed by atoms with Crippen LogP contribution in [0.3, 0.4) is 0 Å². The Hall–Kier alpha value is -1.85. The predicted octanol–water partition coefficient (Wildman–Crippen LogP) is 3.51. The van der Waals surface area contributed by atoms with Crippen LogP contribution in [0.25, 0.3) is 22.0 Å². The summed E-state index contributed by atoms with van der Waals surface area (Å²) < 4.78 is 1.87. The van der Waals surface area contributed by atoms with Crippen LogP contribution in [0.4, 0.5) is 5.69 Å². The van der Waals surface area contributed by atoms with E-state index in [1.54, 1.807) is 11.3 Å². The van der Waals surface area contributed by atoms with Gasteiger partial charge >= 0.3 is 0 Å². The molecular formula is C16H19N3OS. The summed E-state index contributed by atoms with van der Waals surface area (Å²) in [7, 11) is 0. The first-order valence-electron chi connectivity index (χ1n) is 6.94. The summed E-state index contributed by atoms with van der Waals surface area (Å²) in [6.45, 7) is 4.30. The summed E-state index contributed by atoms with van der Waals surface area (Å²) in [4.78, 5) is 0. The molecule has 4 nitrogen and oxygen atoms in total. The van der Waals surface area contributed by atoms with Gasteiger partial charge in [0, 0.05) is 29.4 Å². The van der Waals surface area contributed by atoms with Gasteiger partial charge < -0.3 is 10.8 Å². The molecule has 2 aromatic heterocycles. The van der Waals surface area contributed by atoms with Crippen LogP contribution in [0, 0.1) is 0 Å². The summed E-state index contributed by atoms with van der Waals surface area (Å²) in [5.41, 5.74) is 9.33. The number of aromatic nitrogens is 2. The fraction of sp³-hybridized carbons (Fsp3) is 0.312. The maximum atomic E-state index is 9.81. The Labute approximate surface area is 127 Å². The monoisotopic (exact) mass is 301 g/mol. The van der Waals surface area contributed by atoms with E-state index >= 15 is 0 Å². The lowest BCUT2D eigenvalue weighted by Crippen LogP contribution is -2.21. The molecular weight excluding hydrogens is 282 g/mol. The third-order valence-electron chi connectivity index (χ3n) is 3.51. The molecule has 0 spiro atoms. The molecule has 5 heteroatoms. The van der Waals surface area contributed by atoms with Gasteiger partial charge in [-0.05, 0) is 54.8 Å². The van der Waals surface area contributed by atoms with Crippen LogP contribution >= 0.6 is 11.3 Å². The quantitative estimate of drug-likeness (QED) is 0.725. The van der Waals surface area contributed by atoms with E-state index < -0.39 is 5.60 Å². The number of anilines is 1. The van der Waals surface area contributed by atoms with Gasteiger partial charge in [-0.1, -0.05) is 0 Å². The third kappa shape index (κ3) is 3.09. The largest absolute Gasteiger partial charge is 0.398 e. The van der Waals surface area contributed by atoms with Crippen LogP contribution in [0.2, 0.25) is 0 Å². The van der Waals surface area contributed by atoms with Gasteiger partial charge in [0.15, 0.2) is 0 Å². The lowest BCUT2D eigenvalue weighted by atomic mass is 10.1. The second-order valence-corrected chi connectivity index (χ2v) is 6.74. The molecule has 0 aliphatic heterocycles. The van der Waals surface area contributed by atoms with Crippen molar-refractivity contribution in [2.24, 2.45) is 0 Å². The van der Waals surface area contributed by atoms with E-state index in [0.717, 1.165) is 27.7 Å². The van der Waals surface area contributed by atoms with E-state index in [2.05, 4.69) is 16.5 Å². The highest BCUT2D eigenvalue weighted by Crippen LogP contribution is 2.31. The van der Waals surface area contributed by atoms with Crippen LogP contribution in [-0.4, -0.2) is 20.5 Å². The second kappa shape index (κ2) is 5.16. The lowest BCUT2D eigenvalue weighted by Gasteiger charge is -2.16. The van der Waals surface area contributed by atoms with Crippen LogP contribution in [0.5, 0.6) is 0 Å². The minimum absolute atomic E-state index is 0.661. The molecule has 0 aliphatic carbocycles. The Balaban J connectivity index is 1.95. The normalized spacial score (nSPS) is 12.1. The van der Waals surface area contributed by atoms with Crippen molar-refractivity contribution in [3.63, 3.8) is 0 Å². The lowest BCUT2D eigenvalue weighted by molar-refractivity contribution is 0.0651. The molecule has 110 valence electrons. The van der Waals surface area contributed by atoms with Gasteiger partial charge in [-0.2, -0.15) is 16.4 Å². The van der Waals surface area contributed by atoms with Gasteiger partial charge in [-0.3, -0.25) is 4.68 Å². The van der Waals surface area contributed by atoms with E-state index in [0.29, 0.717) is 13.0 Å². The van der Waals surface area contributed by atoms with Crippen molar-refractivity contribution < 1.29 is 5.11 Å². The predicted molar refractivity (Wildman–Crippen MR) is 88.4 cm³/mol. The average Bonchev–Trinajstić information content (AvgIpc) is 3.02. The van der Waals surface area contributed by atoms with Gasteiger partial charge in [-0.25, -0.2) is 0 Å². The summed E-state index contributed by atoms with van der Waals surface area (Å²) >= 11 is 1.66. The van der Waals surface area contributed by atoms with E-state index in [9.17, 15) is 5.11 Å². The second-order valence-electron chi connectivity index (χ2n) is 5.96. The molecule has 0 saturated carbocycles. The zero-order valence-electron chi connectivity index (χ0n) is 12.2. The molecule has 2 heterocycles. The van der Waals surface area contributed by atoms with Crippen LogP contribution < -0.4 is 5.73 Å². The number of aryl methyl sites for hydroxylation is 1. The number of nitrogen functional groups attached to an aromatic ring is 1. The summed E-state index contributed by atoms with van der Waals surface area (Å²) in [6.07, 6.45) is 2.64. The topological polar surface area (TPSA) is 64.1 Å². The molecule has 21 heavy (non-hydrogen) atoms. The van der Waals surface area contributed by atoms with Crippen molar-refractivity contribution >= 4 is 27.9 Å². The number of rotatable bonds is 4. The van der Waals surface area contributed by atoms with E-state index in [4.69, 9.17) is 5.73 Å². The first-order chi connectivity index (χ1) is 9.92. The summed E-state index contributed by atoms with van der Waals surface area (Å²) in [5, 5.41) is 19.5. The number of fused-ring (bicyclic) bond motifs is 1. The molecule has 0 atom stereocenters. The Bertz CT molecular complexity index is 754. The number of nitrogens with zero attached hydrogens (tertiary/aromatic N) is 2. The van der Waals surface area contributed by atoms with Gasteiger partial charge in [0.1, 0.15) is 0 Å². The smallest absolute Gasteiger partial charge is 0.0931 e. The zero-order chi connectivity index (χ0) is 15.0. The van der Waals surface area contributed by atoms with Gasteiger partial charge in [0.25, 0.3) is 0 Å². The molecule has 0 radical (unpaired) electrons. The molecule has 0 bridgehead atoms. The molecule has 0 unspecified atom stereocenters. The zero-order valence-corrected chi connectivity index (χ0v) is 13.0. The first kappa shape index (κ1) is 14.1. The van der Waals surface area contributed by atoms with Gasteiger partial charge in [0.2, 0.25) is 0 Å². The Kier molecular flexibility index (Phi) is 3.47. The molecule has 3 rings (SSSR count). The van der Waals surface area contributed by atoms with E-state index in [1.807, 2.05) is 42.2 Å². The van der Waals surface area contributed by atoms with Crippen molar-refractivity contribution in [1.29, 1.82) is 0 Å². The fourth-order valence-corrected chi connectivity index (χ4v) is 2.97. The Morgan fingerprint density at radius 3 is 2.86 bits per heavy atom. The van der Waals surface area contributed by atoms with E-state index in [1.165, 1.54) is 0 Å². The number of benzene rings is 1. The molecule has 0 amide bonds. The highest BCUT2D eigenvalue weighted by molar-refractivity contribution is 7.08. The molecule has 3 aromatic rings. The first-order valence-corrected chi connectivity index (χ1v) is 7.88. The number of aliphatic hydroxyl groups is 1.